The highest BCUT2D eigenvalue weighted by Gasteiger charge is 2.52. The van der Waals surface area contributed by atoms with E-state index in [-0.39, 0.29) is 0 Å². The van der Waals surface area contributed by atoms with Crippen molar-refractivity contribution in [3.8, 4) is 33.4 Å². The number of benzene rings is 8. The van der Waals surface area contributed by atoms with E-state index in [1.807, 2.05) is 0 Å². The van der Waals surface area contributed by atoms with Gasteiger partial charge in [-0.05, 0) is 176 Å². The predicted octanol–water partition coefficient (Wildman–Crippen LogP) is 15.1. The number of aryl methyl sites for hydroxylation is 1. The van der Waals surface area contributed by atoms with E-state index in [2.05, 4.69) is 175 Å². The van der Waals surface area contributed by atoms with E-state index >= 15 is 0 Å². The van der Waals surface area contributed by atoms with Crippen LogP contribution in [0.4, 0.5) is 17.1 Å². The van der Waals surface area contributed by atoms with Crippen molar-refractivity contribution >= 4 is 27.8 Å². The molecule has 3 atom stereocenters. The molecular weight excluding hydrogens is 711 g/mol. The fraction of sp³-hybridized carbons (Fsp3) is 0.207. The average Bonchev–Trinajstić information content (AvgIpc) is 4.08. The lowest BCUT2D eigenvalue weighted by atomic mass is 9.70. The summed E-state index contributed by atoms with van der Waals surface area (Å²) in [6.07, 6.45) is 10.4. The van der Waals surface area contributed by atoms with Gasteiger partial charge in [0.2, 0.25) is 0 Å². The topological polar surface area (TPSA) is 3.24 Å². The molecule has 2 bridgehead atoms. The van der Waals surface area contributed by atoms with Crippen LogP contribution in [-0.4, -0.2) is 0 Å². The molecule has 0 amide bonds. The Morgan fingerprint density at radius 3 is 2.03 bits per heavy atom. The van der Waals surface area contributed by atoms with Gasteiger partial charge >= 0.3 is 0 Å². The number of fused-ring (bicyclic) bond motifs is 15. The van der Waals surface area contributed by atoms with E-state index in [0.29, 0.717) is 5.92 Å². The van der Waals surface area contributed by atoms with Gasteiger partial charge in [-0.3, -0.25) is 0 Å². The molecule has 8 aromatic carbocycles. The Morgan fingerprint density at radius 1 is 0.492 bits per heavy atom. The fourth-order valence-electron chi connectivity index (χ4n) is 12.9. The first-order valence-electron chi connectivity index (χ1n) is 22.2. The van der Waals surface area contributed by atoms with Gasteiger partial charge in [-0.25, -0.2) is 0 Å². The lowest BCUT2D eigenvalue weighted by Gasteiger charge is -2.34. The van der Waals surface area contributed by atoms with Gasteiger partial charge < -0.3 is 4.90 Å². The number of para-hydroxylation sites is 1. The maximum absolute atomic E-state index is 2.62. The summed E-state index contributed by atoms with van der Waals surface area (Å²) in [5, 5.41) is 2.62. The average molecular weight is 758 g/mol. The van der Waals surface area contributed by atoms with Crippen molar-refractivity contribution in [1.29, 1.82) is 0 Å². The monoisotopic (exact) mass is 757 g/mol. The first kappa shape index (κ1) is 33.8. The molecule has 0 aromatic heterocycles. The predicted molar refractivity (Wildman–Crippen MR) is 245 cm³/mol. The number of hydrogen-bond acceptors (Lipinski definition) is 1. The van der Waals surface area contributed by atoms with Crippen LogP contribution in [-0.2, 0) is 18.3 Å². The van der Waals surface area contributed by atoms with Crippen LogP contribution in [0.3, 0.4) is 0 Å². The van der Waals surface area contributed by atoms with Crippen molar-refractivity contribution in [1.82, 2.24) is 0 Å². The lowest BCUT2D eigenvalue weighted by Crippen LogP contribution is -2.26. The van der Waals surface area contributed by atoms with Crippen LogP contribution in [0.5, 0.6) is 0 Å². The maximum Gasteiger partial charge on any atom is 0.0726 e. The molecule has 0 N–H and O–H groups in total. The molecule has 2 fully saturated rings. The molecule has 2 saturated carbocycles. The summed E-state index contributed by atoms with van der Waals surface area (Å²) in [5.41, 5.74) is 21.6. The minimum absolute atomic E-state index is 0.427. The Balaban J connectivity index is 1.05. The van der Waals surface area contributed by atoms with Crippen molar-refractivity contribution in [2.75, 3.05) is 4.90 Å². The smallest absolute Gasteiger partial charge is 0.0726 e. The Bertz CT molecular complexity index is 2940. The molecule has 1 nitrogen and oxygen atoms in total. The third-order valence-electron chi connectivity index (χ3n) is 15.4. The summed E-state index contributed by atoms with van der Waals surface area (Å²) in [4.78, 5) is 2.62. The van der Waals surface area contributed by atoms with Crippen molar-refractivity contribution < 1.29 is 0 Å². The van der Waals surface area contributed by atoms with Gasteiger partial charge in [0.05, 0.1) is 5.41 Å². The molecule has 8 aromatic rings. The Hall–Kier alpha value is -6.18. The van der Waals surface area contributed by atoms with Crippen molar-refractivity contribution in [3.05, 3.63) is 209 Å². The van der Waals surface area contributed by atoms with Gasteiger partial charge in [0.25, 0.3) is 0 Å². The van der Waals surface area contributed by atoms with Gasteiger partial charge in [0, 0.05) is 17.1 Å². The summed E-state index contributed by atoms with van der Waals surface area (Å²) in [6.45, 7) is 0. The van der Waals surface area contributed by atoms with E-state index in [0.717, 1.165) is 11.8 Å². The molecule has 1 spiro atoms. The zero-order chi connectivity index (χ0) is 38.7. The SMILES string of the molecule is c1ccc2c(c1)-c1ccccc1C21c2cc(N(c3ccc(-c4cccc5c4CCCC5)cc3)c3ccccc3C3CC4CCC3C4)ccc2-c2c1ccc1ccccc21. The van der Waals surface area contributed by atoms with Gasteiger partial charge in [-0.15, -0.1) is 0 Å². The molecule has 5 aliphatic rings. The quantitative estimate of drug-likeness (QED) is 0.169. The normalized spacial score (nSPS) is 20.0. The molecule has 13 rings (SSSR count). The van der Waals surface area contributed by atoms with Crippen LogP contribution in [0.15, 0.2) is 170 Å². The number of hydrogen-bond donors (Lipinski definition) is 0. The van der Waals surface area contributed by atoms with Crippen molar-refractivity contribution in [2.45, 2.75) is 62.7 Å². The van der Waals surface area contributed by atoms with Crippen LogP contribution in [0.2, 0.25) is 0 Å². The zero-order valence-corrected chi connectivity index (χ0v) is 33.5. The molecule has 0 radical (unpaired) electrons. The second-order valence-electron chi connectivity index (χ2n) is 18.2. The van der Waals surface area contributed by atoms with E-state index < -0.39 is 5.41 Å². The van der Waals surface area contributed by atoms with Crippen LogP contribution in [0.1, 0.15) is 83.4 Å². The largest absolute Gasteiger partial charge is 0.310 e. The number of rotatable bonds is 5. The van der Waals surface area contributed by atoms with Crippen LogP contribution in [0.25, 0.3) is 44.2 Å². The third-order valence-corrected chi connectivity index (χ3v) is 15.4. The molecule has 5 aliphatic carbocycles. The first-order chi connectivity index (χ1) is 29.3. The minimum Gasteiger partial charge on any atom is -0.310 e. The molecule has 0 aliphatic heterocycles. The summed E-state index contributed by atoms with van der Waals surface area (Å²) in [7, 11) is 0. The van der Waals surface area contributed by atoms with Crippen LogP contribution >= 0.6 is 0 Å². The standard InChI is InChI=1S/C58H47N/c1-3-15-44-38(12-1)14-11-20-45(44)40-26-29-42(30-27-40)59(56-23-10-7-19-49(56)51-35-37-24-25-41(51)34-37)43-31-32-50-55(36-43)58(54-33-28-39-13-2-4-16-46(39)57(50)54)52-21-8-5-17-47(52)48-18-6-9-22-53(48)58/h2,4-11,13-14,16-23,26-33,36-37,41,51H,1,3,12,15,24-25,34-35H2. The van der Waals surface area contributed by atoms with E-state index in [1.54, 1.807) is 5.56 Å². The van der Waals surface area contributed by atoms with Crippen molar-refractivity contribution in [2.24, 2.45) is 11.8 Å². The summed E-state index contributed by atoms with van der Waals surface area (Å²) < 4.78 is 0. The second-order valence-corrected chi connectivity index (χ2v) is 18.2. The number of anilines is 3. The summed E-state index contributed by atoms with van der Waals surface area (Å²) >= 11 is 0. The Labute approximate surface area is 348 Å². The molecule has 3 unspecified atom stereocenters. The second kappa shape index (κ2) is 12.9. The fourth-order valence-corrected chi connectivity index (χ4v) is 12.9. The highest BCUT2D eigenvalue weighted by Crippen LogP contribution is 2.64. The highest BCUT2D eigenvalue weighted by molar-refractivity contribution is 6.06. The van der Waals surface area contributed by atoms with Crippen LogP contribution in [0, 0.1) is 11.8 Å². The van der Waals surface area contributed by atoms with Gasteiger partial charge in [0.1, 0.15) is 0 Å². The molecule has 284 valence electrons. The molecular formula is C58H47N. The third kappa shape index (κ3) is 4.79. The van der Waals surface area contributed by atoms with E-state index in [1.165, 1.54) is 146 Å². The van der Waals surface area contributed by atoms with Gasteiger partial charge in [-0.2, -0.15) is 0 Å². The zero-order valence-electron chi connectivity index (χ0n) is 33.5. The number of nitrogens with zero attached hydrogens (tertiary/aromatic N) is 1. The molecule has 59 heavy (non-hydrogen) atoms. The Morgan fingerprint density at radius 2 is 1.22 bits per heavy atom. The summed E-state index contributed by atoms with van der Waals surface area (Å²) in [5.74, 6) is 2.26. The molecule has 0 heterocycles. The van der Waals surface area contributed by atoms with E-state index in [9.17, 15) is 0 Å². The Kier molecular flexibility index (Phi) is 7.39. The first-order valence-corrected chi connectivity index (χ1v) is 22.2. The van der Waals surface area contributed by atoms with E-state index in [4.69, 9.17) is 0 Å². The minimum atomic E-state index is -0.427. The van der Waals surface area contributed by atoms with Gasteiger partial charge in [0.15, 0.2) is 0 Å². The van der Waals surface area contributed by atoms with Crippen LogP contribution < -0.4 is 4.90 Å². The summed E-state index contributed by atoms with van der Waals surface area (Å²) in [6, 6.07) is 65.7. The lowest BCUT2D eigenvalue weighted by molar-refractivity contribution is 0.420. The highest BCUT2D eigenvalue weighted by atomic mass is 15.1. The molecule has 1 heteroatoms. The maximum atomic E-state index is 2.62. The van der Waals surface area contributed by atoms with Crippen molar-refractivity contribution in [3.63, 3.8) is 0 Å². The van der Waals surface area contributed by atoms with Gasteiger partial charge in [-0.1, -0.05) is 146 Å². The molecule has 0 saturated heterocycles.